The number of aryl methyl sites for hydroxylation is 2. The Kier molecular flexibility index (Phi) is 4.42. The van der Waals surface area contributed by atoms with Crippen molar-refractivity contribution < 1.29 is 9.21 Å². The molecule has 0 saturated heterocycles. The summed E-state index contributed by atoms with van der Waals surface area (Å²) in [4.78, 5) is 15.8. The highest BCUT2D eigenvalue weighted by Crippen LogP contribution is 2.18. The number of hydrogen-bond acceptors (Lipinski definition) is 5. The third-order valence-electron chi connectivity index (χ3n) is 3.30. The van der Waals surface area contributed by atoms with Gasteiger partial charge in [0.1, 0.15) is 0 Å². The Bertz CT molecular complexity index is 782. The number of aromatic nitrogens is 3. The normalized spacial score (nSPS) is 10.5. The average molecular weight is 308 g/mol. The van der Waals surface area contributed by atoms with Crippen LogP contribution in [0.4, 0.5) is 5.69 Å². The maximum absolute atomic E-state index is 11.9. The quantitative estimate of drug-likeness (QED) is 0.783. The van der Waals surface area contributed by atoms with E-state index in [0.29, 0.717) is 18.2 Å². The third kappa shape index (κ3) is 4.00. The molecule has 0 spiro atoms. The van der Waals surface area contributed by atoms with Gasteiger partial charge in [-0.3, -0.25) is 9.78 Å². The number of amides is 1. The molecule has 0 aliphatic heterocycles. The first-order valence-electron chi connectivity index (χ1n) is 7.30. The van der Waals surface area contributed by atoms with Gasteiger partial charge in [-0.05, 0) is 31.2 Å². The molecular weight excluding hydrogens is 292 g/mol. The zero-order valence-electron chi connectivity index (χ0n) is 12.7. The number of pyridine rings is 1. The van der Waals surface area contributed by atoms with Crippen LogP contribution in [0.1, 0.15) is 17.9 Å². The molecule has 6 heteroatoms. The van der Waals surface area contributed by atoms with Gasteiger partial charge in [-0.1, -0.05) is 17.7 Å². The first-order chi connectivity index (χ1) is 11.2. The zero-order chi connectivity index (χ0) is 16.1. The van der Waals surface area contributed by atoms with E-state index in [0.717, 1.165) is 11.3 Å². The monoisotopic (exact) mass is 308 g/mol. The second-order valence-electron chi connectivity index (χ2n) is 5.15. The van der Waals surface area contributed by atoms with Crippen LogP contribution in [0, 0.1) is 6.92 Å². The molecule has 1 amide bonds. The fraction of sp³-hybridized carbons (Fsp3) is 0.176. The highest BCUT2D eigenvalue weighted by Gasteiger charge is 2.10. The summed E-state index contributed by atoms with van der Waals surface area (Å²) in [6.07, 6.45) is 3.93. The van der Waals surface area contributed by atoms with E-state index in [4.69, 9.17) is 4.42 Å². The summed E-state index contributed by atoms with van der Waals surface area (Å²) in [5.41, 5.74) is 2.76. The van der Waals surface area contributed by atoms with Crippen LogP contribution in [0.5, 0.6) is 0 Å². The molecule has 0 unspecified atom stereocenters. The Morgan fingerprint density at radius 3 is 2.57 bits per heavy atom. The Morgan fingerprint density at radius 1 is 1.09 bits per heavy atom. The van der Waals surface area contributed by atoms with Crippen molar-refractivity contribution in [1.29, 1.82) is 0 Å². The minimum Gasteiger partial charge on any atom is -0.421 e. The summed E-state index contributed by atoms with van der Waals surface area (Å²) in [6, 6.07) is 11.3. The smallest absolute Gasteiger partial charge is 0.247 e. The topological polar surface area (TPSA) is 80.9 Å². The van der Waals surface area contributed by atoms with Gasteiger partial charge in [-0.25, -0.2) is 0 Å². The second-order valence-corrected chi connectivity index (χ2v) is 5.15. The lowest BCUT2D eigenvalue weighted by molar-refractivity contribution is -0.116. The van der Waals surface area contributed by atoms with Crippen LogP contribution in [-0.2, 0) is 11.2 Å². The molecule has 0 radical (unpaired) electrons. The largest absolute Gasteiger partial charge is 0.421 e. The lowest BCUT2D eigenvalue weighted by Crippen LogP contribution is -2.12. The summed E-state index contributed by atoms with van der Waals surface area (Å²) in [6.45, 7) is 2.02. The van der Waals surface area contributed by atoms with E-state index in [9.17, 15) is 4.79 Å². The Labute approximate surface area is 133 Å². The van der Waals surface area contributed by atoms with Crippen LogP contribution in [-0.4, -0.2) is 21.1 Å². The fourth-order valence-electron chi connectivity index (χ4n) is 2.05. The summed E-state index contributed by atoms with van der Waals surface area (Å²) < 4.78 is 5.60. The van der Waals surface area contributed by atoms with Crippen LogP contribution in [0.15, 0.2) is 53.2 Å². The van der Waals surface area contributed by atoms with E-state index in [1.54, 1.807) is 24.5 Å². The molecule has 0 aliphatic rings. The van der Waals surface area contributed by atoms with Gasteiger partial charge in [-0.15, -0.1) is 10.2 Å². The Balaban J connectivity index is 1.57. The van der Waals surface area contributed by atoms with E-state index in [2.05, 4.69) is 20.5 Å². The molecule has 0 saturated carbocycles. The first kappa shape index (κ1) is 14.9. The predicted molar refractivity (Wildman–Crippen MR) is 85.7 cm³/mol. The van der Waals surface area contributed by atoms with E-state index in [1.165, 1.54) is 5.56 Å². The highest BCUT2D eigenvalue weighted by atomic mass is 16.4. The lowest BCUT2D eigenvalue weighted by Gasteiger charge is -2.02. The van der Waals surface area contributed by atoms with Gasteiger partial charge in [0, 0.05) is 36.5 Å². The highest BCUT2D eigenvalue weighted by molar-refractivity contribution is 5.90. The standard InChI is InChI=1S/C17H16N4O2/c1-12-2-4-13(5-3-12)17-21-20-16(23-17)7-6-15(22)19-14-8-10-18-11-9-14/h2-5,8-11H,6-7H2,1H3,(H,18,19,22). The molecule has 116 valence electrons. The molecule has 0 aliphatic carbocycles. The van der Waals surface area contributed by atoms with E-state index >= 15 is 0 Å². The summed E-state index contributed by atoms with van der Waals surface area (Å²) >= 11 is 0. The third-order valence-corrected chi connectivity index (χ3v) is 3.30. The number of nitrogens with one attached hydrogen (secondary N) is 1. The fourth-order valence-corrected chi connectivity index (χ4v) is 2.05. The molecule has 6 nitrogen and oxygen atoms in total. The van der Waals surface area contributed by atoms with Crippen molar-refractivity contribution in [1.82, 2.24) is 15.2 Å². The summed E-state index contributed by atoms with van der Waals surface area (Å²) in [7, 11) is 0. The summed E-state index contributed by atoms with van der Waals surface area (Å²) in [5, 5.41) is 10.8. The second kappa shape index (κ2) is 6.83. The minimum absolute atomic E-state index is 0.105. The maximum atomic E-state index is 11.9. The molecule has 0 fully saturated rings. The summed E-state index contributed by atoms with van der Waals surface area (Å²) in [5.74, 6) is 0.811. The van der Waals surface area contributed by atoms with Crippen molar-refractivity contribution in [3.63, 3.8) is 0 Å². The average Bonchev–Trinajstić information content (AvgIpc) is 3.04. The van der Waals surface area contributed by atoms with Gasteiger partial charge < -0.3 is 9.73 Å². The predicted octanol–water partition coefficient (Wildman–Crippen LogP) is 3.01. The molecule has 3 aromatic rings. The molecule has 1 N–H and O–H groups in total. The zero-order valence-corrected chi connectivity index (χ0v) is 12.7. The van der Waals surface area contributed by atoms with Crippen molar-refractivity contribution in [3.8, 4) is 11.5 Å². The number of anilines is 1. The van der Waals surface area contributed by atoms with Gasteiger partial charge in [0.15, 0.2) is 0 Å². The minimum atomic E-state index is -0.105. The Hall–Kier alpha value is -3.02. The number of hydrogen-bond donors (Lipinski definition) is 1. The molecule has 2 aromatic heterocycles. The van der Waals surface area contributed by atoms with Gasteiger partial charge >= 0.3 is 0 Å². The lowest BCUT2D eigenvalue weighted by atomic mass is 10.1. The Morgan fingerprint density at radius 2 is 1.83 bits per heavy atom. The van der Waals surface area contributed by atoms with Crippen molar-refractivity contribution in [3.05, 3.63) is 60.2 Å². The van der Waals surface area contributed by atoms with Crippen LogP contribution in [0.25, 0.3) is 11.5 Å². The van der Waals surface area contributed by atoms with Gasteiger partial charge in [-0.2, -0.15) is 0 Å². The van der Waals surface area contributed by atoms with Crippen LogP contribution in [0.2, 0.25) is 0 Å². The SMILES string of the molecule is Cc1ccc(-c2nnc(CCC(=O)Nc3ccncc3)o2)cc1. The van der Waals surface area contributed by atoms with E-state index in [-0.39, 0.29) is 12.3 Å². The van der Waals surface area contributed by atoms with Crippen LogP contribution in [0.3, 0.4) is 0 Å². The van der Waals surface area contributed by atoms with Crippen LogP contribution >= 0.6 is 0 Å². The number of rotatable bonds is 5. The van der Waals surface area contributed by atoms with Gasteiger partial charge in [0.25, 0.3) is 0 Å². The molecule has 2 heterocycles. The number of carbonyl (C=O) groups is 1. The number of benzene rings is 1. The number of nitrogens with zero attached hydrogens (tertiary/aromatic N) is 3. The maximum Gasteiger partial charge on any atom is 0.247 e. The van der Waals surface area contributed by atoms with Crippen LogP contribution < -0.4 is 5.32 Å². The molecule has 3 rings (SSSR count). The van der Waals surface area contributed by atoms with Gasteiger partial charge in [0.05, 0.1) is 0 Å². The van der Waals surface area contributed by atoms with E-state index < -0.39 is 0 Å². The van der Waals surface area contributed by atoms with Crippen molar-refractivity contribution in [2.75, 3.05) is 5.32 Å². The molecule has 23 heavy (non-hydrogen) atoms. The van der Waals surface area contributed by atoms with Crippen molar-refractivity contribution in [2.24, 2.45) is 0 Å². The van der Waals surface area contributed by atoms with Crippen molar-refractivity contribution in [2.45, 2.75) is 19.8 Å². The van der Waals surface area contributed by atoms with E-state index in [1.807, 2.05) is 31.2 Å². The van der Waals surface area contributed by atoms with Gasteiger partial charge in [0.2, 0.25) is 17.7 Å². The number of carbonyl (C=O) groups excluding carboxylic acids is 1. The molecule has 0 atom stereocenters. The van der Waals surface area contributed by atoms with Crippen molar-refractivity contribution >= 4 is 11.6 Å². The molecular formula is C17H16N4O2. The molecule has 0 bridgehead atoms. The molecule has 1 aromatic carbocycles. The first-order valence-corrected chi connectivity index (χ1v) is 7.30.